The molecule has 64 valence electrons. The molecule has 0 fully saturated rings. The summed E-state index contributed by atoms with van der Waals surface area (Å²) >= 11 is 4.64. The molecule has 3 N–H and O–H groups in total. The third kappa shape index (κ3) is 2.31. The molecule has 1 rings (SSSR count). The highest BCUT2D eigenvalue weighted by Gasteiger charge is 2.00. The maximum Gasteiger partial charge on any atom is 0.309 e. The van der Waals surface area contributed by atoms with Crippen LogP contribution < -0.4 is 5.56 Å². The topological polar surface area (TPSA) is 85.9 Å². The standard InChI is InChI=1S/C6H6N2O3S/c9-4-1-3(2-5(10)11)7-6(12)8-4/h1H,2H2,(H,10,11)(H2,7,8,9,12). The lowest BCUT2D eigenvalue weighted by Gasteiger charge is -1.94. The van der Waals surface area contributed by atoms with E-state index in [0.29, 0.717) is 5.69 Å². The van der Waals surface area contributed by atoms with Crippen LogP contribution in [0.5, 0.6) is 0 Å². The highest BCUT2D eigenvalue weighted by atomic mass is 32.1. The normalized spacial score (nSPS) is 9.67. The summed E-state index contributed by atoms with van der Waals surface area (Å²) in [5.74, 6) is -1.01. The van der Waals surface area contributed by atoms with Gasteiger partial charge in [-0.25, -0.2) is 0 Å². The van der Waals surface area contributed by atoms with Crippen LogP contribution >= 0.6 is 12.2 Å². The Labute approximate surface area is 72.1 Å². The monoisotopic (exact) mass is 186 g/mol. The van der Waals surface area contributed by atoms with Crippen molar-refractivity contribution in [1.29, 1.82) is 0 Å². The summed E-state index contributed by atoms with van der Waals surface area (Å²) in [7, 11) is 0. The predicted octanol–water partition coefficient (Wildman–Crippen LogP) is 0.0596. The Bertz CT molecular complexity index is 377. The number of aromatic nitrogens is 2. The zero-order valence-corrected chi connectivity index (χ0v) is 6.77. The van der Waals surface area contributed by atoms with Gasteiger partial charge in [0, 0.05) is 11.8 Å². The molecule has 1 aromatic heterocycles. The molecule has 0 bridgehead atoms. The summed E-state index contributed by atoms with van der Waals surface area (Å²) in [5, 5.41) is 8.38. The molecule has 0 radical (unpaired) electrons. The van der Waals surface area contributed by atoms with E-state index in [4.69, 9.17) is 5.11 Å². The van der Waals surface area contributed by atoms with Gasteiger partial charge in [-0.3, -0.25) is 14.6 Å². The van der Waals surface area contributed by atoms with Crippen LogP contribution in [-0.2, 0) is 11.2 Å². The third-order valence-electron chi connectivity index (χ3n) is 1.16. The summed E-state index contributed by atoms with van der Waals surface area (Å²) in [6, 6.07) is 1.17. The summed E-state index contributed by atoms with van der Waals surface area (Å²) in [5.41, 5.74) is -0.0914. The second kappa shape index (κ2) is 3.31. The molecule has 0 aromatic carbocycles. The van der Waals surface area contributed by atoms with E-state index >= 15 is 0 Å². The second-order valence-electron chi connectivity index (χ2n) is 2.18. The Morgan fingerprint density at radius 1 is 1.58 bits per heavy atom. The van der Waals surface area contributed by atoms with Crippen molar-refractivity contribution in [1.82, 2.24) is 9.97 Å². The molecule has 0 amide bonds. The molecule has 5 nitrogen and oxygen atoms in total. The van der Waals surface area contributed by atoms with E-state index in [1.807, 2.05) is 0 Å². The number of carboxylic acids is 1. The average Bonchev–Trinajstić information content (AvgIpc) is 1.81. The lowest BCUT2D eigenvalue weighted by molar-refractivity contribution is -0.136. The van der Waals surface area contributed by atoms with Crippen LogP contribution in [-0.4, -0.2) is 21.0 Å². The lowest BCUT2D eigenvalue weighted by atomic mass is 10.3. The van der Waals surface area contributed by atoms with E-state index < -0.39 is 11.5 Å². The van der Waals surface area contributed by atoms with Crippen molar-refractivity contribution in [2.75, 3.05) is 0 Å². The van der Waals surface area contributed by atoms with Crippen molar-refractivity contribution in [2.45, 2.75) is 6.42 Å². The number of aromatic amines is 2. The molecule has 0 unspecified atom stereocenters. The Balaban J connectivity index is 3.09. The van der Waals surface area contributed by atoms with Gasteiger partial charge >= 0.3 is 5.97 Å². The first kappa shape index (κ1) is 8.66. The average molecular weight is 186 g/mol. The van der Waals surface area contributed by atoms with E-state index in [2.05, 4.69) is 22.2 Å². The van der Waals surface area contributed by atoms with Gasteiger partial charge in [0.15, 0.2) is 4.77 Å². The smallest absolute Gasteiger partial charge is 0.309 e. The summed E-state index contributed by atoms with van der Waals surface area (Å²) in [4.78, 5) is 25.8. The molecule has 6 heteroatoms. The maximum absolute atomic E-state index is 10.8. The van der Waals surface area contributed by atoms with Crippen molar-refractivity contribution in [3.8, 4) is 0 Å². The number of H-pyrrole nitrogens is 2. The van der Waals surface area contributed by atoms with Gasteiger partial charge in [-0.15, -0.1) is 0 Å². The van der Waals surface area contributed by atoms with Crippen LogP contribution in [0.15, 0.2) is 10.9 Å². The lowest BCUT2D eigenvalue weighted by Crippen LogP contribution is -2.11. The fraction of sp³-hybridized carbons (Fsp3) is 0.167. The van der Waals surface area contributed by atoms with Crippen LogP contribution in [0.4, 0.5) is 0 Å². The molecular formula is C6H6N2O3S. The number of hydrogen-bond donors (Lipinski definition) is 3. The van der Waals surface area contributed by atoms with Crippen molar-refractivity contribution >= 4 is 18.2 Å². The molecule has 0 spiro atoms. The van der Waals surface area contributed by atoms with Gasteiger partial charge in [-0.1, -0.05) is 0 Å². The largest absolute Gasteiger partial charge is 0.481 e. The van der Waals surface area contributed by atoms with E-state index in [1.54, 1.807) is 0 Å². The first-order chi connectivity index (χ1) is 5.58. The van der Waals surface area contributed by atoms with E-state index in [1.165, 1.54) is 6.07 Å². The molecular weight excluding hydrogens is 180 g/mol. The van der Waals surface area contributed by atoms with Crippen molar-refractivity contribution < 1.29 is 9.90 Å². The third-order valence-corrected chi connectivity index (χ3v) is 1.36. The van der Waals surface area contributed by atoms with Crippen LogP contribution in [0.25, 0.3) is 0 Å². The summed E-state index contributed by atoms with van der Waals surface area (Å²) < 4.78 is 0.138. The molecule has 0 saturated heterocycles. The number of carbonyl (C=O) groups is 1. The Kier molecular flexibility index (Phi) is 2.39. The Hall–Kier alpha value is -1.43. The highest BCUT2D eigenvalue weighted by molar-refractivity contribution is 7.71. The van der Waals surface area contributed by atoms with Crippen molar-refractivity contribution in [3.63, 3.8) is 0 Å². The van der Waals surface area contributed by atoms with Gasteiger partial charge in [-0.2, -0.15) is 0 Å². The number of carboxylic acid groups (broad SMARTS) is 1. The van der Waals surface area contributed by atoms with Gasteiger partial charge in [-0.05, 0) is 12.2 Å². The van der Waals surface area contributed by atoms with Crippen molar-refractivity contribution in [3.05, 3.63) is 26.9 Å². The van der Waals surface area contributed by atoms with Gasteiger partial charge in [0.1, 0.15) is 0 Å². The van der Waals surface area contributed by atoms with Crippen LogP contribution in [0, 0.1) is 4.77 Å². The van der Waals surface area contributed by atoms with Crippen molar-refractivity contribution in [2.24, 2.45) is 0 Å². The van der Waals surface area contributed by atoms with Gasteiger partial charge < -0.3 is 10.1 Å². The number of aliphatic carboxylic acids is 1. The van der Waals surface area contributed by atoms with E-state index in [0.717, 1.165) is 0 Å². The van der Waals surface area contributed by atoms with Gasteiger partial charge in [0.2, 0.25) is 0 Å². The first-order valence-electron chi connectivity index (χ1n) is 3.12. The van der Waals surface area contributed by atoms with Crippen LogP contribution in [0.1, 0.15) is 5.69 Å². The fourth-order valence-electron chi connectivity index (χ4n) is 0.778. The second-order valence-corrected chi connectivity index (χ2v) is 2.59. The van der Waals surface area contributed by atoms with Gasteiger partial charge in [0.05, 0.1) is 6.42 Å². The minimum atomic E-state index is -1.01. The minimum Gasteiger partial charge on any atom is -0.481 e. The SMILES string of the molecule is O=C(O)Cc1cc(=O)[nH]c(=S)[nH]1. The predicted molar refractivity (Wildman–Crippen MR) is 43.6 cm³/mol. The number of hydrogen-bond acceptors (Lipinski definition) is 3. The Morgan fingerprint density at radius 2 is 2.25 bits per heavy atom. The maximum atomic E-state index is 10.8. The van der Waals surface area contributed by atoms with Crippen LogP contribution in [0.2, 0.25) is 0 Å². The summed E-state index contributed by atoms with van der Waals surface area (Å²) in [6.45, 7) is 0. The molecule has 0 atom stereocenters. The Morgan fingerprint density at radius 3 is 2.75 bits per heavy atom. The summed E-state index contributed by atoms with van der Waals surface area (Å²) in [6.07, 6.45) is -0.229. The molecule has 1 heterocycles. The molecule has 1 aromatic rings. The zero-order chi connectivity index (χ0) is 9.14. The van der Waals surface area contributed by atoms with Crippen LogP contribution in [0.3, 0.4) is 0 Å². The van der Waals surface area contributed by atoms with Gasteiger partial charge in [0.25, 0.3) is 5.56 Å². The fourth-order valence-corrected chi connectivity index (χ4v) is 1.01. The minimum absolute atomic E-state index is 0.138. The highest BCUT2D eigenvalue weighted by Crippen LogP contribution is 1.89. The molecule has 0 aliphatic carbocycles. The number of rotatable bonds is 2. The quantitative estimate of drug-likeness (QED) is 0.570. The number of nitrogens with one attached hydrogen (secondary N) is 2. The van der Waals surface area contributed by atoms with E-state index in [-0.39, 0.29) is 11.2 Å². The molecule has 0 saturated carbocycles. The first-order valence-corrected chi connectivity index (χ1v) is 3.53. The zero-order valence-electron chi connectivity index (χ0n) is 5.96. The van der Waals surface area contributed by atoms with E-state index in [9.17, 15) is 9.59 Å². The molecule has 0 aliphatic heterocycles. The molecule has 12 heavy (non-hydrogen) atoms. The molecule has 0 aliphatic rings.